The van der Waals surface area contributed by atoms with Crippen LogP contribution >= 0.6 is 0 Å². The van der Waals surface area contributed by atoms with Crippen molar-refractivity contribution in [2.75, 3.05) is 40.9 Å². The van der Waals surface area contributed by atoms with Crippen LogP contribution in [0.2, 0.25) is 0 Å². The van der Waals surface area contributed by atoms with Gasteiger partial charge in [-0.15, -0.1) is 0 Å². The lowest BCUT2D eigenvalue weighted by Crippen LogP contribution is -2.43. The summed E-state index contributed by atoms with van der Waals surface area (Å²) < 4.78 is 7.18. The molecule has 0 bridgehead atoms. The topological polar surface area (TPSA) is 50.6 Å². The Morgan fingerprint density at radius 3 is 2.95 bits per heavy atom. The molecule has 106 valence electrons. The zero-order valence-electron chi connectivity index (χ0n) is 12.1. The second kappa shape index (κ2) is 5.71. The van der Waals surface area contributed by atoms with Crippen molar-refractivity contribution in [2.24, 2.45) is 7.05 Å². The van der Waals surface area contributed by atoms with Crippen LogP contribution in [0.4, 0.5) is 0 Å². The number of rotatable bonds is 4. The minimum atomic E-state index is 0.153. The van der Waals surface area contributed by atoms with E-state index in [1.807, 2.05) is 41.8 Å². The molecule has 2 heterocycles. The zero-order chi connectivity index (χ0) is 14.0. The Labute approximate surface area is 113 Å². The molecule has 1 aromatic rings. The van der Waals surface area contributed by atoms with Gasteiger partial charge in [0, 0.05) is 38.7 Å². The highest BCUT2D eigenvalue weighted by molar-refractivity contribution is 5.78. The lowest BCUT2D eigenvalue weighted by atomic mass is 9.97. The molecule has 1 aliphatic heterocycles. The summed E-state index contributed by atoms with van der Waals surface area (Å²) in [6.45, 7) is 2.40. The first-order valence-electron chi connectivity index (χ1n) is 6.45. The maximum atomic E-state index is 12.2. The molecule has 0 N–H and O–H groups in total. The van der Waals surface area contributed by atoms with Crippen LogP contribution in [-0.2, 0) is 23.1 Å². The van der Waals surface area contributed by atoms with Gasteiger partial charge in [0.25, 0.3) is 0 Å². The monoisotopic (exact) mass is 266 g/mol. The SMILES string of the molecule is COCC1CN(C(=O)CN(C)C)Cc2cnn(C)c21. The zero-order valence-corrected chi connectivity index (χ0v) is 12.1. The quantitative estimate of drug-likeness (QED) is 0.773. The van der Waals surface area contributed by atoms with E-state index >= 15 is 0 Å². The number of aryl methyl sites for hydroxylation is 1. The number of hydrogen-bond donors (Lipinski definition) is 0. The van der Waals surface area contributed by atoms with Crippen molar-refractivity contribution in [3.63, 3.8) is 0 Å². The van der Waals surface area contributed by atoms with Crippen LogP contribution in [0.1, 0.15) is 17.2 Å². The first-order valence-corrected chi connectivity index (χ1v) is 6.45. The number of ether oxygens (including phenoxy) is 1. The number of amides is 1. The standard InChI is InChI=1S/C13H22N4O2/c1-15(2)8-12(18)17-6-10-5-14-16(3)13(10)11(7-17)9-19-4/h5,11H,6-9H2,1-4H3. The predicted molar refractivity (Wildman–Crippen MR) is 71.8 cm³/mol. The number of hydrogen-bond acceptors (Lipinski definition) is 4. The summed E-state index contributed by atoms with van der Waals surface area (Å²) in [6, 6.07) is 0. The van der Waals surface area contributed by atoms with Crippen molar-refractivity contribution < 1.29 is 9.53 Å². The molecule has 0 aromatic carbocycles. The molecule has 0 saturated carbocycles. The van der Waals surface area contributed by atoms with Crippen molar-refractivity contribution in [1.82, 2.24) is 19.6 Å². The van der Waals surface area contributed by atoms with Crippen LogP contribution in [0.5, 0.6) is 0 Å². The Balaban J connectivity index is 2.18. The fraction of sp³-hybridized carbons (Fsp3) is 0.692. The molecule has 2 rings (SSSR count). The molecule has 1 amide bonds. The number of fused-ring (bicyclic) bond motifs is 1. The Hall–Kier alpha value is -1.40. The van der Waals surface area contributed by atoms with Gasteiger partial charge in [0.2, 0.25) is 5.91 Å². The van der Waals surface area contributed by atoms with Gasteiger partial charge in [-0.05, 0) is 14.1 Å². The fourth-order valence-electron chi connectivity index (χ4n) is 2.66. The highest BCUT2D eigenvalue weighted by Crippen LogP contribution is 2.28. The van der Waals surface area contributed by atoms with Crippen molar-refractivity contribution in [2.45, 2.75) is 12.5 Å². The summed E-state index contributed by atoms with van der Waals surface area (Å²) in [5.41, 5.74) is 2.32. The Bertz CT molecular complexity index is 455. The minimum absolute atomic E-state index is 0.153. The molecule has 0 aliphatic carbocycles. The summed E-state index contributed by atoms with van der Waals surface area (Å²) in [5, 5.41) is 4.30. The van der Waals surface area contributed by atoms with Crippen LogP contribution in [-0.4, -0.2) is 66.4 Å². The van der Waals surface area contributed by atoms with Gasteiger partial charge in [-0.25, -0.2) is 0 Å². The minimum Gasteiger partial charge on any atom is -0.384 e. The molecule has 1 unspecified atom stereocenters. The second-order valence-corrected chi connectivity index (χ2v) is 5.34. The summed E-state index contributed by atoms with van der Waals surface area (Å²) in [5.74, 6) is 0.355. The second-order valence-electron chi connectivity index (χ2n) is 5.34. The third-order valence-electron chi connectivity index (χ3n) is 3.43. The summed E-state index contributed by atoms with van der Waals surface area (Å²) >= 11 is 0. The van der Waals surface area contributed by atoms with E-state index in [0.717, 1.165) is 5.56 Å². The molecule has 19 heavy (non-hydrogen) atoms. The Kier molecular flexibility index (Phi) is 4.21. The molecule has 0 fully saturated rings. The average Bonchev–Trinajstić information content (AvgIpc) is 2.71. The molecular formula is C13H22N4O2. The van der Waals surface area contributed by atoms with Crippen molar-refractivity contribution in [1.29, 1.82) is 0 Å². The van der Waals surface area contributed by atoms with Crippen molar-refractivity contribution in [3.05, 3.63) is 17.5 Å². The maximum Gasteiger partial charge on any atom is 0.237 e. The van der Waals surface area contributed by atoms with Gasteiger partial charge in [-0.2, -0.15) is 5.10 Å². The smallest absolute Gasteiger partial charge is 0.237 e. The van der Waals surface area contributed by atoms with Gasteiger partial charge in [0.1, 0.15) is 0 Å². The van der Waals surface area contributed by atoms with E-state index in [4.69, 9.17) is 4.74 Å². The molecule has 1 aromatic heterocycles. The normalized spacial score (nSPS) is 18.8. The van der Waals surface area contributed by atoms with E-state index in [-0.39, 0.29) is 11.8 Å². The predicted octanol–water partition coefficient (Wildman–Crippen LogP) is 0.0539. The number of aromatic nitrogens is 2. The lowest BCUT2D eigenvalue weighted by Gasteiger charge is -2.33. The van der Waals surface area contributed by atoms with E-state index in [1.54, 1.807) is 7.11 Å². The van der Waals surface area contributed by atoms with Gasteiger partial charge in [0.15, 0.2) is 0 Å². The van der Waals surface area contributed by atoms with Crippen LogP contribution in [0.15, 0.2) is 6.20 Å². The number of carbonyl (C=O) groups is 1. The molecule has 1 atom stereocenters. The maximum absolute atomic E-state index is 12.2. The molecule has 0 radical (unpaired) electrons. The van der Waals surface area contributed by atoms with Crippen molar-refractivity contribution in [3.8, 4) is 0 Å². The van der Waals surface area contributed by atoms with Gasteiger partial charge < -0.3 is 14.5 Å². The van der Waals surface area contributed by atoms with Gasteiger partial charge in [-0.3, -0.25) is 9.48 Å². The third kappa shape index (κ3) is 2.96. The summed E-state index contributed by atoms with van der Waals surface area (Å²) in [4.78, 5) is 16.0. The number of nitrogens with zero attached hydrogens (tertiary/aromatic N) is 4. The molecule has 6 nitrogen and oxygen atoms in total. The van der Waals surface area contributed by atoms with E-state index in [2.05, 4.69) is 5.10 Å². The Morgan fingerprint density at radius 1 is 1.58 bits per heavy atom. The lowest BCUT2D eigenvalue weighted by molar-refractivity contribution is -0.133. The van der Waals surface area contributed by atoms with Gasteiger partial charge in [0.05, 0.1) is 25.0 Å². The molecular weight excluding hydrogens is 244 g/mol. The number of carbonyl (C=O) groups excluding carboxylic acids is 1. The summed E-state index contributed by atoms with van der Waals surface area (Å²) in [7, 11) is 7.45. The first kappa shape index (κ1) is 14.0. The Morgan fingerprint density at radius 2 is 2.32 bits per heavy atom. The van der Waals surface area contributed by atoms with Gasteiger partial charge in [-0.1, -0.05) is 0 Å². The fourth-order valence-corrected chi connectivity index (χ4v) is 2.66. The van der Waals surface area contributed by atoms with Crippen LogP contribution in [0.3, 0.4) is 0 Å². The molecule has 6 heteroatoms. The van der Waals surface area contributed by atoms with Crippen LogP contribution < -0.4 is 0 Å². The third-order valence-corrected chi connectivity index (χ3v) is 3.43. The number of likely N-dealkylation sites (N-methyl/N-ethyl adjacent to an activating group) is 1. The van der Waals surface area contributed by atoms with E-state index in [9.17, 15) is 4.79 Å². The highest BCUT2D eigenvalue weighted by atomic mass is 16.5. The number of methoxy groups -OCH3 is 1. The molecule has 0 spiro atoms. The van der Waals surface area contributed by atoms with E-state index < -0.39 is 0 Å². The summed E-state index contributed by atoms with van der Waals surface area (Å²) in [6.07, 6.45) is 1.85. The molecule has 1 aliphatic rings. The molecule has 0 saturated heterocycles. The van der Waals surface area contributed by atoms with Crippen molar-refractivity contribution >= 4 is 5.91 Å². The highest BCUT2D eigenvalue weighted by Gasteiger charge is 2.30. The van der Waals surface area contributed by atoms with Crippen LogP contribution in [0.25, 0.3) is 0 Å². The first-order chi connectivity index (χ1) is 9.02. The average molecular weight is 266 g/mol. The van der Waals surface area contributed by atoms with E-state index in [0.29, 0.717) is 26.2 Å². The van der Waals surface area contributed by atoms with E-state index in [1.165, 1.54) is 5.69 Å². The largest absolute Gasteiger partial charge is 0.384 e. The van der Waals surface area contributed by atoms with Crippen LogP contribution in [0, 0.1) is 0 Å². The van der Waals surface area contributed by atoms with Gasteiger partial charge >= 0.3 is 0 Å².